The third kappa shape index (κ3) is 6.44. The normalized spacial score (nSPS) is 11.1. The molecule has 96 valence electrons. The lowest BCUT2D eigenvalue weighted by molar-refractivity contribution is 0.547. The Balaban J connectivity index is 2.18. The van der Waals surface area contributed by atoms with Gasteiger partial charge in [0.15, 0.2) is 0 Å². The van der Waals surface area contributed by atoms with E-state index in [4.69, 9.17) is 0 Å². The van der Waals surface area contributed by atoms with E-state index in [1.165, 1.54) is 23.1 Å². The molecule has 0 radical (unpaired) electrons. The number of nitrogens with one attached hydrogen (secondary N) is 2. The standard InChI is InChI=1S/C15H26N2/c1-12(2)17-7-5-6-16-11-15-9-13(3)8-14(4)10-15/h8-10,12,16-17H,5-7,11H2,1-4H3. The van der Waals surface area contributed by atoms with E-state index in [0.29, 0.717) is 6.04 Å². The zero-order valence-electron chi connectivity index (χ0n) is 11.6. The van der Waals surface area contributed by atoms with Gasteiger partial charge in [-0.2, -0.15) is 0 Å². The fourth-order valence-electron chi connectivity index (χ4n) is 2.01. The van der Waals surface area contributed by atoms with Crippen molar-refractivity contribution in [1.29, 1.82) is 0 Å². The molecule has 0 saturated heterocycles. The van der Waals surface area contributed by atoms with Crippen LogP contribution in [0.25, 0.3) is 0 Å². The molecule has 0 aliphatic carbocycles. The predicted molar refractivity (Wildman–Crippen MR) is 75.4 cm³/mol. The average molecular weight is 234 g/mol. The van der Waals surface area contributed by atoms with E-state index >= 15 is 0 Å². The fourth-order valence-corrected chi connectivity index (χ4v) is 2.01. The first-order valence-corrected chi connectivity index (χ1v) is 6.59. The highest BCUT2D eigenvalue weighted by atomic mass is 14.9. The van der Waals surface area contributed by atoms with Crippen LogP contribution in [0, 0.1) is 13.8 Å². The van der Waals surface area contributed by atoms with Crippen LogP contribution in [-0.2, 0) is 6.54 Å². The SMILES string of the molecule is Cc1cc(C)cc(CNCCCNC(C)C)c1. The predicted octanol–water partition coefficient (Wildman–Crippen LogP) is 2.78. The summed E-state index contributed by atoms with van der Waals surface area (Å²) < 4.78 is 0. The van der Waals surface area contributed by atoms with Gasteiger partial charge in [0.25, 0.3) is 0 Å². The van der Waals surface area contributed by atoms with Crippen molar-refractivity contribution in [2.75, 3.05) is 13.1 Å². The second kappa shape index (κ2) is 7.46. The van der Waals surface area contributed by atoms with Gasteiger partial charge in [0.05, 0.1) is 0 Å². The van der Waals surface area contributed by atoms with Crippen molar-refractivity contribution in [3.63, 3.8) is 0 Å². The topological polar surface area (TPSA) is 24.1 Å². The van der Waals surface area contributed by atoms with Gasteiger partial charge in [-0.05, 0) is 38.9 Å². The molecule has 2 nitrogen and oxygen atoms in total. The Hall–Kier alpha value is -0.860. The Labute approximate surface area is 106 Å². The highest BCUT2D eigenvalue weighted by Crippen LogP contribution is 2.08. The minimum Gasteiger partial charge on any atom is -0.314 e. The fraction of sp³-hybridized carbons (Fsp3) is 0.600. The van der Waals surface area contributed by atoms with Gasteiger partial charge in [0, 0.05) is 12.6 Å². The molecule has 0 spiro atoms. The maximum Gasteiger partial charge on any atom is 0.0205 e. The van der Waals surface area contributed by atoms with Gasteiger partial charge < -0.3 is 10.6 Å². The summed E-state index contributed by atoms with van der Waals surface area (Å²) in [6.07, 6.45) is 1.18. The van der Waals surface area contributed by atoms with Crippen molar-refractivity contribution in [2.45, 2.75) is 46.7 Å². The quantitative estimate of drug-likeness (QED) is 0.709. The lowest BCUT2D eigenvalue weighted by Gasteiger charge is -2.09. The van der Waals surface area contributed by atoms with Crippen molar-refractivity contribution < 1.29 is 0 Å². The highest BCUT2D eigenvalue weighted by molar-refractivity contribution is 5.28. The number of hydrogen-bond acceptors (Lipinski definition) is 2. The van der Waals surface area contributed by atoms with Crippen LogP contribution in [0.15, 0.2) is 18.2 Å². The number of benzene rings is 1. The van der Waals surface area contributed by atoms with Crippen LogP contribution in [-0.4, -0.2) is 19.1 Å². The first kappa shape index (κ1) is 14.2. The molecule has 1 aromatic carbocycles. The average Bonchev–Trinajstić information content (AvgIpc) is 2.21. The van der Waals surface area contributed by atoms with Crippen LogP contribution in [0.3, 0.4) is 0 Å². The Morgan fingerprint density at radius 2 is 1.65 bits per heavy atom. The van der Waals surface area contributed by atoms with Crippen molar-refractivity contribution in [2.24, 2.45) is 0 Å². The molecular weight excluding hydrogens is 208 g/mol. The van der Waals surface area contributed by atoms with Crippen LogP contribution in [0.1, 0.15) is 37.0 Å². The number of hydrogen-bond donors (Lipinski definition) is 2. The van der Waals surface area contributed by atoms with Crippen LogP contribution in [0.4, 0.5) is 0 Å². The Bertz CT molecular complexity index is 311. The smallest absolute Gasteiger partial charge is 0.0205 e. The molecule has 1 aromatic rings. The largest absolute Gasteiger partial charge is 0.314 e. The summed E-state index contributed by atoms with van der Waals surface area (Å²) in [7, 11) is 0. The minimum atomic E-state index is 0.592. The molecular formula is C15H26N2. The first-order valence-electron chi connectivity index (χ1n) is 6.59. The van der Waals surface area contributed by atoms with Crippen LogP contribution >= 0.6 is 0 Å². The van der Waals surface area contributed by atoms with Gasteiger partial charge in [-0.25, -0.2) is 0 Å². The molecule has 0 heterocycles. The van der Waals surface area contributed by atoms with Gasteiger partial charge >= 0.3 is 0 Å². The molecule has 0 amide bonds. The monoisotopic (exact) mass is 234 g/mol. The first-order chi connectivity index (χ1) is 8.08. The van der Waals surface area contributed by atoms with Crippen LogP contribution in [0.2, 0.25) is 0 Å². The lowest BCUT2D eigenvalue weighted by atomic mass is 10.1. The van der Waals surface area contributed by atoms with Gasteiger partial charge in [0.2, 0.25) is 0 Å². The van der Waals surface area contributed by atoms with Crippen molar-refractivity contribution in [3.05, 3.63) is 34.9 Å². The van der Waals surface area contributed by atoms with E-state index in [0.717, 1.165) is 19.6 Å². The summed E-state index contributed by atoms with van der Waals surface area (Å²) in [4.78, 5) is 0. The highest BCUT2D eigenvalue weighted by Gasteiger charge is 1.96. The summed E-state index contributed by atoms with van der Waals surface area (Å²) in [6.45, 7) is 11.8. The van der Waals surface area contributed by atoms with Gasteiger partial charge in [-0.3, -0.25) is 0 Å². The van der Waals surface area contributed by atoms with Gasteiger partial charge in [0.1, 0.15) is 0 Å². The molecule has 0 fully saturated rings. The van der Waals surface area contributed by atoms with Gasteiger partial charge in [-0.1, -0.05) is 43.2 Å². The molecule has 0 aliphatic rings. The second-order valence-electron chi connectivity index (χ2n) is 5.14. The third-order valence-electron chi connectivity index (χ3n) is 2.69. The van der Waals surface area contributed by atoms with E-state index in [-0.39, 0.29) is 0 Å². The molecule has 0 unspecified atom stereocenters. The Morgan fingerprint density at radius 1 is 1.00 bits per heavy atom. The van der Waals surface area contributed by atoms with E-state index in [1.54, 1.807) is 0 Å². The molecule has 1 rings (SSSR count). The summed E-state index contributed by atoms with van der Waals surface area (Å²) in [5.41, 5.74) is 4.09. The van der Waals surface area contributed by atoms with E-state index in [9.17, 15) is 0 Å². The Kier molecular flexibility index (Phi) is 6.23. The third-order valence-corrected chi connectivity index (χ3v) is 2.69. The number of rotatable bonds is 7. The Morgan fingerprint density at radius 3 is 2.24 bits per heavy atom. The molecule has 17 heavy (non-hydrogen) atoms. The second-order valence-corrected chi connectivity index (χ2v) is 5.14. The summed E-state index contributed by atoms with van der Waals surface area (Å²) >= 11 is 0. The summed E-state index contributed by atoms with van der Waals surface area (Å²) in [6, 6.07) is 7.32. The van der Waals surface area contributed by atoms with Crippen molar-refractivity contribution in [1.82, 2.24) is 10.6 Å². The summed E-state index contributed by atoms with van der Waals surface area (Å²) in [5, 5.41) is 6.91. The van der Waals surface area contributed by atoms with Crippen molar-refractivity contribution >= 4 is 0 Å². The van der Waals surface area contributed by atoms with Gasteiger partial charge in [-0.15, -0.1) is 0 Å². The van der Waals surface area contributed by atoms with E-state index in [2.05, 4.69) is 56.5 Å². The maximum atomic E-state index is 3.49. The zero-order valence-corrected chi connectivity index (χ0v) is 11.6. The molecule has 0 bridgehead atoms. The maximum absolute atomic E-state index is 3.49. The molecule has 2 heteroatoms. The molecule has 0 saturated carbocycles. The van der Waals surface area contributed by atoms with Crippen LogP contribution < -0.4 is 10.6 Å². The molecule has 0 atom stereocenters. The molecule has 0 aliphatic heterocycles. The van der Waals surface area contributed by atoms with Crippen molar-refractivity contribution in [3.8, 4) is 0 Å². The number of aryl methyl sites for hydroxylation is 2. The van der Waals surface area contributed by atoms with E-state index < -0.39 is 0 Å². The minimum absolute atomic E-state index is 0.592. The molecule has 2 N–H and O–H groups in total. The lowest BCUT2D eigenvalue weighted by Crippen LogP contribution is -2.26. The summed E-state index contributed by atoms with van der Waals surface area (Å²) in [5.74, 6) is 0. The van der Waals surface area contributed by atoms with Crippen LogP contribution in [0.5, 0.6) is 0 Å². The van der Waals surface area contributed by atoms with E-state index in [1.807, 2.05) is 0 Å². The molecule has 0 aromatic heterocycles. The zero-order chi connectivity index (χ0) is 12.7.